The lowest BCUT2D eigenvalue weighted by molar-refractivity contribution is 0.233. The van der Waals surface area contributed by atoms with Gasteiger partial charge in [-0.15, -0.1) is 11.3 Å². The zero-order valence-electron chi connectivity index (χ0n) is 13.7. The number of rotatable bonds is 9. The molecular formula is C16H31N3S. The van der Waals surface area contributed by atoms with Gasteiger partial charge in [-0.1, -0.05) is 27.7 Å². The Labute approximate surface area is 128 Å². The van der Waals surface area contributed by atoms with Crippen LogP contribution in [0.15, 0.2) is 5.38 Å². The number of nitrogens with zero attached hydrogens (tertiary/aromatic N) is 2. The lowest BCUT2D eigenvalue weighted by atomic mass is 10.1. The van der Waals surface area contributed by atoms with Crippen LogP contribution in [0.1, 0.15) is 64.2 Å². The van der Waals surface area contributed by atoms with E-state index in [1.165, 1.54) is 18.5 Å². The zero-order chi connectivity index (χ0) is 15.1. The fourth-order valence-corrected chi connectivity index (χ4v) is 2.75. The van der Waals surface area contributed by atoms with Crippen LogP contribution in [0.3, 0.4) is 0 Å². The summed E-state index contributed by atoms with van der Waals surface area (Å²) in [6.07, 6.45) is 2.50. The molecule has 0 bridgehead atoms. The third-order valence-electron chi connectivity index (χ3n) is 3.39. The Kier molecular flexibility index (Phi) is 7.70. The molecule has 0 spiro atoms. The summed E-state index contributed by atoms with van der Waals surface area (Å²) in [6.45, 7) is 14.4. The Balaban J connectivity index is 2.56. The van der Waals surface area contributed by atoms with Crippen molar-refractivity contribution in [3.05, 3.63) is 16.1 Å². The molecular weight excluding hydrogens is 266 g/mol. The van der Waals surface area contributed by atoms with Crippen LogP contribution in [-0.4, -0.2) is 23.0 Å². The minimum atomic E-state index is 0.0496. The molecule has 0 radical (unpaired) electrons. The monoisotopic (exact) mass is 297 g/mol. The summed E-state index contributed by atoms with van der Waals surface area (Å²) >= 11 is 1.69. The fraction of sp³-hybridized carbons (Fsp3) is 0.812. The highest BCUT2D eigenvalue weighted by Gasteiger charge is 2.12. The normalized spacial score (nSPS) is 13.7. The minimum Gasteiger partial charge on any atom is -0.322 e. The summed E-state index contributed by atoms with van der Waals surface area (Å²) in [5.41, 5.74) is 7.06. The molecule has 0 aromatic carbocycles. The van der Waals surface area contributed by atoms with E-state index < -0.39 is 0 Å². The van der Waals surface area contributed by atoms with E-state index in [0.717, 1.165) is 36.5 Å². The third-order valence-corrected chi connectivity index (χ3v) is 4.48. The van der Waals surface area contributed by atoms with Crippen LogP contribution in [0.5, 0.6) is 0 Å². The van der Waals surface area contributed by atoms with E-state index in [-0.39, 0.29) is 6.04 Å². The summed E-state index contributed by atoms with van der Waals surface area (Å²) in [7, 11) is 0. The van der Waals surface area contributed by atoms with Gasteiger partial charge in [-0.05, 0) is 44.7 Å². The molecule has 0 aliphatic heterocycles. The summed E-state index contributed by atoms with van der Waals surface area (Å²) in [5.74, 6) is 1.51. The maximum Gasteiger partial charge on any atom is 0.109 e. The van der Waals surface area contributed by atoms with E-state index in [1.807, 2.05) is 6.92 Å². The van der Waals surface area contributed by atoms with E-state index in [2.05, 4.69) is 43.0 Å². The average molecular weight is 298 g/mol. The molecule has 1 atom stereocenters. The van der Waals surface area contributed by atoms with Crippen LogP contribution < -0.4 is 5.73 Å². The van der Waals surface area contributed by atoms with Crippen LogP contribution in [0.25, 0.3) is 0 Å². The molecule has 0 amide bonds. The maximum atomic E-state index is 5.89. The van der Waals surface area contributed by atoms with Gasteiger partial charge in [-0.3, -0.25) is 4.90 Å². The van der Waals surface area contributed by atoms with E-state index >= 15 is 0 Å². The number of thiazole rings is 1. The second-order valence-electron chi connectivity index (χ2n) is 6.61. The van der Waals surface area contributed by atoms with Crippen LogP contribution >= 0.6 is 11.3 Å². The molecule has 1 aromatic heterocycles. The first-order valence-corrected chi connectivity index (χ1v) is 8.68. The van der Waals surface area contributed by atoms with Gasteiger partial charge in [0.15, 0.2) is 0 Å². The molecule has 3 nitrogen and oxygen atoms in total. The van der Waals surface area contributed by atoms with Crippen molar-refractivity contribution >= 4 is 11.3 Å². The van der Waals surface area contributed by atoms with Gasteiger partial charge < -0.3 is 5.73 Å². The fourth-order valence-electron chi connectivity index (χ4n) is 1.98. The summed E-state index contributed by atoms with van der Waals surface area (Å²) in [5, 5.41) is 3.21. The van der Waals surface area contributed by atoms with E-state index in [9.17, 15) is 0 Å². The van der Waals surface area contributed by atoms with E-state index in [1.54, 1.807) is 11.3 Å². The van der Waals surface area contributed by atoms with Crippen LogP contribution in [0, 0.1) is 11.8 Å². The van der Waals surface area contributed by atoms with Crippen molar-refractivity contribution in [1.29, 1.82) is 0 Å². The number of nitrogens with two attached hydrogens (primary N) is 1. The zero-order valence-corrected chi connectivity index (χ0v) is 14.5. The second kappa shape index (κ2) is 8.75. The van der Waals surface area contributed by atoms with Crippen molar-refractivity contribution in [3.8, 4) is 0 Å². The Hall–Kier alpha value is -0.450. The molecule has 0 aliphatic rings. The lowest BCUT2D eigenvalue weighted by Gasteiger charge is -2.23. The molecule has 0 saturated carbocycles. The Morgan fingerprint density at radius 2 is 1.65 bits per heavy atom. The Morgan fingerprint density at radius 1 is 1.10 bits per heavy atom. The van der Waals surface area contributed by atoms with Gasteiger partial charge in [-0.2, -0.15) is 0 Å². The molecule has 0 saturated heterocycles. The lowest BCUT2D eigenvalue weighted by Crippen LogP contribution is -2.27. The van der Waals surface area contributed by atoms with Crippen molar-refractivity contribution in [2.24, 2.45) is 17.6 Å². The molecule has 116 valence electrons. The smallest absolute Gasteiger partial charge is 0.109 e. The largest absolute Gasteiger partial charge is 0.322 e. The van der Waals surface area contributed by atoms with Gasteiger partial charge in [0.25, 0.3) is 0 Å². The number of hydrogen-bond acceptors (Lipinski definition) is 4. The molecule has 1 heterocycles. The number of aromatic nitrogens is 1. The van der Waals surface area contributed by atoms with E-state index in [4.69, 9.17) is 5.73 Å². The second-order valence-corrected chi connectivity index (χ2v) is 7.50. The predicted octanol–water partition coefficient (Wildman–Crippen LogP) is 4.06. The Morgan fingerprint density at radius 3 is 2.05 bits per heavy atom. The topological polar surface area (TPSA) is 42.1 Å². The first-order chi connectivity index (χ1) is 9.38. The van der Waals surface area contributed by atoms with Gasteiger partial charge in [0.1, 0.15) is 5.01 Å². The standard InChI is InChI=1S/C16H31N3S/c1-12(2)6-8-19(9-7-13(3)4)10-15-11-20-16(18-15)14(5)17/h11-14H,6-10,17H2,1-5H3. The maximum absolute atomic E-state index is 5.89. The van der Waals surface area contributed by atoms with Crippen molar-refractivity contribution < 1.29 is 0 Å². The summed E-state index contributed by atoms with van der Waals surface area (Å²) in [4.78, 5) is 7.20. The molecule has 0 fully saturated rings. The van der Waals surface area contributed by atoms with Gasteiger partial charge in [0.2, 0.25) is 0 Å². The first kappa shape index (κ1) is 17.6. The summed E-state index contributed by atoms with van der Waals surface area (Å²) in [6, 6.07) is 0.0496. The minimum absolute atomic E-state index is 0.0496. The van der Waals surface area contributed by atoms with Gasteiger partial charge in [-0.25, -0.2) is 4.98 Å². The first-order valence-electron chi connectivity index (χ1n) is 7.80. The Bertz CT molecular complexity index is 360. The van der Waals surface area contributed by atoms with Crippen LogP contribution in [0.4, 0.5) is 0 Å². The van der Waals surface area contributed by atoms with E-state index in [0.29, 0.717) is 0 Å². The molecule has 4 heteroatoms. The van der Waals surface area contributed by atoms with Gasteiger partial charge in [0.05, 0.1) is 11.7 Å². The highest BCUT2D eigenvalue weighted by Crippen LogP contribution is 2.18. The predicted molar refractivity (Wildman–Crippen MR) is 88.9 cm³/mol. The molecule has 1 unspecified atom stereocenters. The molecule has 20 heavy (non-hydrogen) atoms. The van der Waals surface area contributed by atoms with Crippen molar-refractivity contribution in [3.63, 3.8) is 0 Å². The van der Waals surface area contributed by atoms with Crippen molar-refractivity contribution in [2.75, 3.05) is 13.1 Å². The third kappa shape index (κ3) is 6.82. The number of hydrogen-bond donors (Lipinski definition) is 1. The highest BCUT2D eigenvalue weighted by atomic mass is 32.1. The molecule has 2 N–H and O–H groups in total. The average Bonchev–Trinajstić information content (AvgIpc) is 2.81. The van der Waals surface area contributed by atoms with Crippen molar-refractivity contribution in [2.45, 2.75) is 60.0 Å². The van der Waals surface area contributed by atoms with Crippen LogP contribution in [-0.2, 0) is 6.54 Å². The molecule has 0 aliphatic carbocycles. The summed E-state index contributed by atoms with van der Waals surface area (Å²) < 4.78 is 0. The van der Waals surface area contributed by atoms with Gasteiger partial charge in [0, 0.05) is 11.9 Å². The van der Waals surface area contributed by atoms with Crippen molar-refractivity contribution in [1.82, 2.24) is 9.88 Å². The SMILES string of the molecule is CC(C)CCN(CCC(C)C)Cc1csc(C(C)N)n1. The highest BCUT2D eigenvalue weighted by molar-refractivity contribution is 7.09. The quantitative estimate of drug-likeness (QED) is 0.747. The molecule has 1 aromatic rings. The molecule has 1 rings (SSSR count). The van der Waals surface area contributed by atoms with Gasteiger partial charge >= 0.3 is 0 Å². The van der Waals surface area contributed by atoms with Crippen LogP contribution in [0.2, 0.25) is 0 Å².